The van der Waals surface area contributed by atoms with Crippen molar-refractivity contribution < 1.29 is 36.6 Å². The van der Waals surface area contributed by atoms with Gasteiger partial charge in [-0.1, -0.05) is 18.2 Å². The molecule has 2 aliphatic heterocycles. The van der Waals surface area contributed by atoms with Gasteiger partial charge in [0.05, 0.1) is 30.6 Å². The molecule has 1 spiro atoms. The normalized spacial score (nSPS) is 19.1. The summed E-state index contributed by atoms with van der Waals surface area (Å²) >= 11 is 0. The summed E-state index contributed by atoms with van der Waals surface area (Å²) < 4.78 is 66.2. The lowest BCUT2D eigenvalue weighted by molar-refractivity contribution is -0.225. The summed E-state index contributed by atoms with van der Waals surface area (Å²) in [6.45, 7) is 1.84. The van der Waals surface area contributed by atoms with Gasteiger partial charge in [-0.3, -0.25) is 9.59 Å². The van der Waals surface area contributed by atoms with Crippen molar-refractivity contribution >= 4 is 17.6 Å². The van der Waals surface area contributed by atoms with Gasteiger partial charge in [-0.25, -0.2) is 4.39 Å². The Morgan fingerprint density at radius 3 is 2.24 bits per heavy atom. The SMILES string of the molecule is C[C@H](Nc1c(C(F)(F)F)ccc2c1CCNCC21OC(=O)CCC(=O)O1)c1ccc(F)cc1. The van der Waals surface area contributed by atoms with E-state index in [0.717, 1.165) is 6.07 Å². The molecule has 0 radical (unpaired) electrons. The molecule has 1 fully saturated rings. The molecule has 2 aliphatic rings. The van der Waals surface area contributed by atoms with Crippen LogP contribution in [-0.4, -0.2) is 25.0 Å². The highest BCUT2D eigenvalue weighted by Gasteiger charge is 2.47. The Morgan fingerprint density at radius 1 is 1.00 bits per heavy atom. The molecule has 0 unspecified atom stereocenters. The maximum atomic E-state index is 14.0. The van der Waals surface area contributed by atoms with Crippen molar-refractivity contribution in [3.05, 3.63) is 64.5 Å². The molecule has 2 heterocycles. The van der Waals surface area contributed by atoms with Crippen molar-refractivity contribution in [3.63, 3.8) is 0 Å². The number of ether oxygens (including phenoxy) is 2. The molecule has 2 N–H and O–H groups in total. The van der Waals surface area contributed by atoms with Crippen LogP contribution in [0.25, 0.3) is 0 Å². The average Bonchev–Trinajstić information content (AvgIpc) is 3.01. The lowest BCUT2D eigenvalue weighted by Gasteiger charge is -2.33. The largest absolute Gasteiger partial charge is 0.418 e. The van der Waals surface area contributed by atoms with E-state index in [-0.39, 0.29) is 49.2 Å². The second-order valence-corrected chi connectivity index (χ2v) is 8.06. The number of rotatable bonds is 3. The standard InChI is InChI=1S/C23H22F4N2O4/c1-13(14-2-4-15(24)5-3-14)29-21-16-10-11-28-12-22(32-19(30)8-9-20(31)33-22)17(16)6-7-18(21)23(25,26)27/h2-7,13,28-29H,8-12H2,1H3/t13-/m0/s1. The summed E-state index contributed by atoms with van der Waals surface area (Å²) in [7, 11) is 0. The predicted octanol–water partition coefficient (Wildman–Crippen LogP) is 4.20. The van der Waals surface area contributed by atoms with Crippen molar-refractivity contribution in [2.24, 2.45) is 0 Å². The lowest BCUT2D eigenvalue weighted by Crippen LogP contribution is -2.43. The van der Waals surface area contributed by atoms with E-state index >= 15 is 0 Å². The van der Waals surface area contributed by atoms with Gasteiger partial charge in [0.25, 0.3) is 5.79 Å². The Labute approximate surface area is 187 Å². The smallest absolute Gasteiger partial charge is 0.416 e. The molecule has 4 rings (SSSR count). The van der Waals surface area contributed by atoms with Crippen LogP contribution >= 0.6 is 0 Å². The molecule has 10 heteroatoms. The Bertz CT molecular complexity index is 1050. The molecule has 0 aromatic heterocycles. The van der Waals surface area contributed by atoms with E-state index in [1.165, 1.54) is 30.3 Å². The van der Waals surface area contributed by atoms with Crippen molar-refractivity contribution in [2.75, 3.05) is 18.4 Å². The molecule has 6 nitrogen and oxygen atoms in total. The van der Waals surface area contributed by atoms with Crippen LogP contribution < -0.4 is 10.6 Å². The Hall–Kier alpha value is -3.14. The molecular formula is C23H22F4N2O4. The third-order valence-electron chi connectivity index (χ3n) is 5.76. The van der Waals surface area contributed by atoms with Gasteiger partial charge in [0.15, 0.2) is 0 Å². The molecule has 1 atom stereocenters. The highest BCUT2D eigenvalue weighted by Crippen LogP contribution is 2.44. The van der Waals surface area contributed by atoms with Gasteiger partial charge in [-0.2, -0.15) is 13.2 Å². The summed E-state index contributed by atoms with van der Waals surface area (Å²) in [4.78, 5) is 24.4. The fraction of sp³-hybridized carbons (Fsp3) is 0.391. The van der Waals surface area contributed by atoms with Crippen molar-refractivity contribution in [1.29, 1.82) is 0 Å². The molecule has 2 aromatic carbocycles. The zero-order chi connectivity index (χ0) is 23.8. The molecule has 33 heavy (non-hydrogen) atoms. The maximum Gasteiger partial charge on any atom is 0.418 e. The third-order valence-corrected chi connectivity index (χ3v) is 5.76. The molecule has 0 saturated carbocycles. The van der Waals surface area contributed by atoms with Gasteiger partial charge >= 0.3 is 18.1 Å². The maximum absolute atomic E-state index is 14.0. The average molecular weight is 466 g/mol. The van der Waals surface area contributed by atoms with E-state index in [1.807, 2.05) is 0 Å². The van der Waals surface area contributed by atoms with Gasteiger partial charge in [0.2, 0.25) is 0 Å². The van der Waals surface area contributed by atoms with Crippen LogP contribution in [0.3, 0.4) is 0 Å². The van der Waals surface area contributed by atoms with Crippen molar-refractivity contribution in [2.45, 2.75) is 44.2 Å². The van der Waals surface area contributed by atoms with E-state index in [9.17, 15) is 27.2 Å². The second kappa shape index (κ2) is 8.66. The van der Waals surface area contributed by atoms with Crippen LogP contribution in [0.2, 0.25) is 0 Å². The van der Waals surface area contributed by atoms with Gasteiger partial charge in [0, 0.05) is 11.6 Å². The molecular weight excluding hydrogens is 444 g/mol. The lowest BCUT2D eigenvalue weighted by atomic mass is 9.92. The number of carbonyl (C=O) groups excluding carboxylic acids is 2. The number of hydrogen-bond acceptors (Lipinski definition) is 6. The summed E-state index contributed by atoms with van der Waals surface area (Å²) in [6, 6.07) is 6.91. The van der Waals surface area contributed by atoms with Crippen LogP contribution in [0.1, 0.15) is 48.1 Å². The highest BCUT2D eigenvalue weighted by molar-refractivity contribution is 5.80. The first kappa shape index (κ1) is 23.0. The summed E-state index contributed by atoms with van der Waals surface area (Å²) in [5.74, 6) is -3.68. The predicted molar refractivity (Wildman–Crippen MR) is 110 cm³/mol. The molecule has 0 aliphatic carbocycles. The van der Waals surface area contributed by atoms with Gasteiger partial charge in [-0.15, -0.1) is 0 Å². The van der Waals surface area contributed by atoms with E-state index in [0.29, 0.717) is 5.56 Å². The van der Waals surface area contributed by atoms with E-state index in [4.69, 9.17) is 9.47 Å². The molecule has 2 aromatic rings. The van der Waals surface area contributed by atoms with Crippen LogP contribution in [0, 0.1) is 5.82 Å². The van der Waals surface area contributed by atoms with Crippen LogP contribution in [0.15, 0.2) is 36.4 Å². The highest BCUT2D eigenvalue weighted by atomic mass is 19.4. The van der Waals surface area contributed by atoms with Gasteiger partial charge in [0.1, 0.15) is 5.82 Å². The van der Waals surface area contributed by atoms with E-state index < -0.39 is 41.3 Å². The first-order chi connectivity index (χ1) is 15.6. The number of fused-ring (bicyclic) bond motifs is 2. The Balaban J connectivity index is 1.85. The number of nitrogens with one attached hydrogen (secondary N) is 2. The fourth-order valence-electron chi connectivity index (χ4n) is 4.16. The minimum absolute atomic E-state index is 0.0875. The summed E-state index contributed by atoms with van der Waals surface area (Å²) in [5, 5.41) is 5.91. The second-order valence-electron chi connectivity index (χ2n) is 8.06. The molecule has 176 valence electrons. The number of carbonyl (C=O) groups is 2. The quantitative estimate of drug-likeness (QED) is 0.522. The zero-order valence-corrected chi connectivity index (χ0v) is 17.7. The Morgan fingerprint density at radius 2 is 1.64 bits per heavy atom. The Kier molecular flexibility index (Phi) is 6.04. The number of anilines is 1. The van der Waals surface area contributed by atoms with Crippen LogP contribution in [0.5, 0.6) is 0 Å². The minimum Gasteiger partial charge on any atom is -0.416 e. The zero-order valence-electron chi connectivity index (χ0n) is 17.7. The fourth-order valence-corrected chi connectivity index (χ4v) is 4.16. The van der Waals surface area contributed by atoms with E-state index in [1.54, 1.807) is 6.92 Å². The first-order valence-electron chi connectivity index (χ1n) is 10.5. The number of halogens is 4. The molecule has 0 amide bonds. The monoisotopic (exact) mass is 466 g/mol. The topological polar surface area (TPSA) is 76.7 Å². The van der Waals surface area contributed by atoms with Crippen LogP contribution in [0.4, 0.5) is 23.2 Å². The van der Waals surface area contributed by atoms with Crippen molar-refractivity contribution in [1.82, 2.24) is 5.32 Å². The number of esters is 2. The number of alkyl halides is 3. The number of benzene rings is 2. The third kappa shape index (κ3) is 4.66. The van der Waals surface area contributed by atoms with E-state index in [2.05, 4.69) is 10.6 Å². The van der Waals surface area contributed by atoms with Crippen LogP contribution in [-0.2, 0) is 37.4 Å². The van der Waals surface area contributed by atoms with Gasteiger partial charge < -0.3 is 20.1 Å². The van der Waals surface area contributed by atoms with Crippen molar-refractivity contribution in [3.8, 4) is 0 Å². The number of hydrogen-bond donors (Lipinski definition) is 2. The molecule has 1 saturated heterocycles. The van der Waals surface area contributed by atoms with Gasteiger partial charge in [-0.05, 0) is 49.2 Å². The molecule has 0 bridgehead atoms. The summed E-state index contributed by atoms with van der Waals surface area (Å²) in [5.41, 5.74) is -0.116. The first-order valence-corrected chi connectivity index (χ1v) is 10.5. The minimum atomic E-state index is -4.68. The summed E-state index contributed by atoms with van der Waals surface area (Å²) in [6.07, 6.45) is -4.87.